The van der Waals surface area contributed by atoms with Crippen LogP contribution in [0, 0.1) is 5.92 Å². The molecule has 0 spiro atoms. The number of para-hydroxylation sites is 1. The first kappa shape index (κ1) is 11.8. The summed E-state index contributed by atoms with van der Waals surface area (Å²) in [6.07, 6.45) is 1.61. The fraction of sp³-hybridized carbons (Fsp3) is 0.333. The molecule has 1 heterocycles. The normalized spacial score (nSPS) is 12.6. The lowest BCUT2D eigenvalue weighted by atomic mass is 10.00. The number of carbonyl (C=O) groups excluding carboxylic acids is 1. The van der Waals surface area contributed by atoms with E-state index in [9.17, 15) is 4.79 Å². The van der Waals surface area contributed by atoms with E-state index in [-0.39, 0.29) is 5.78 Å². The summed E-state index contributed by atoms with van der Waals surface area (Å²) in [4.78, 5) is 16.4. The average Bonchev–Trinajstić information content (AvgIpc) is 2.38. The van der Waals surface area contributed by atoms with Gasteiger partial charge in [-0.15, -0.1) is 0 Å². The van der Waals surface area contributed by atoms with Crippen LogP contribution in [0.4, 0.5) is 0 Å². The van der Waals surface area contributed by atoms with E-state index < -0.39 is 0 Å². The zero-order valence-corrected chi connectivity index (χ0v) is 10.3. The number of pyridine rings is 1. The van der Waals surface area contributed by atoms with Crippen molar-refractivity contribution in [1.82, 2.24) is 4.98 Å². The molecule has 88 valence electrons. The number of hydrogen-bond acceptors (Lipinski definition) is 2. The number of hydrogen-bond donors (Lipinski definition) is 0. The smallest absolute Gasteiger partial charge is 0.181 e. The number of rotatable bonds is 4. The maximum Gasteiger partial charge on any atom is 0.181 e. The van der Waals surface area contributed by atoms with Crippen LogP contribution in [-0.2, 0) is 0 Å². The second kappa shape index (κ2) is 5.09. The van der Waals surface area contributed by atoms with Crippen LogP contribution in [0.5, 0.6) is 0 Å². The van der Waals surface area contributed by atoms with Crippen LogP contribution < -0.4 is 0 Å². The highest BCUT2D eigenvalue weighted by Gasteiger charge is 2.11. The van der Waals surface area contributed by atoms with Gasteiger partial charge in [0.15, 0.2) is 5.78 Å². The molecule has 0 aliphatic heterocycles. The molecule has 2 aromatic rings. The van der Waals surface area contributed by atoms with E-state index in [0.717, 1.165) is 17.3 Å². The standard InChI is InChI=1S/C15H17NO/c1-3-11(2)10-15(17)14-9-8-12-6-4-5-7-13(12)16-14/h4-9,11H,3,10H2,1-2H3. The summed E-state index contributed by atoms with van der Waals surface area (Å²) in [6, 6.07) is 11.7. The summed E-state index contributed by atoms with van der Waals surface area (Å²) in [5, 5.41) is 1.08. The van der Waals surface area contributed by atoms with Crippen molar-refractivity contribution in [3.8, 4) is 0 Å². The highest BCUT2D eigenvalue weighted by atomic mass is 16.1. The molecule has 0 N–H and O–H groups in total. The molecule has 0 amide bonds. The predicted molar refractivity (Wildman–Crippen MR) is 70.1 cm³/mol. The average molecular weight is 227 g/mol. The zero-order chi connectivity index (χ0) is 12.3. The van der Waals surface area contributed by atoms with Gasteiger partial charge >= 0.3 is 0 Å². The summed E-state index contributed by atoms with van der Waals surface area (Å²) in [5.74, 6) is 0.570. The number of nitrogens with zero attached hydrogens (tertiary/aromatic N) is 1. The summed E-state index contributed by atoms with van der Waals surface area (Å²) in [5.41, 5.74) is 1.48. The van der Waals surface area contributed by atoms with Gasteiger partial charge in [-0.1, -0.05) is 44.5 Å². The highest BCUT2D eigenvalue weighted by molar-refractivity contribution is 5.96. The number of ketones is 1. The SMILES string of the molecule is CCC(C)CC(=O)c1ccc2ccccc2n1. The highest BCUT2D eigenvalue weighted by Crippen LogP contribution is 2.15. The van der Waals surface area contributed by atoms with Crippen LogP contribution in [0.2, 0.25) is 0 Å². The molecule has 0 fully saturated rings. The Hall–Kier alpha value is -1.70. The van der Waals surface area contributed by atoms with Crippen molar-refractivity contribution in [2.24, 2.45) is 5.92 Å². The van der Waals surface area contributed by atoms with Crippen molar-refractivity contribution in [3.63, 3.8) is 0 Å². The lowest BCUT2D eigenvalue weighted by Crippen LogP contribution is -2.07. The minimum Gasteiger partial charge on any atom is -0.292 e. The number of Topliss-reactive ketones (excluding diaryl/α,β-unsaturated/α-hetero) is 1. The van der Waals surface area contributed by atoms with Crippen molar-refractivity contribution < 1.29 is 4.79 Å². The van der Waals surface area contributed by atoms with Gasteiger partial charge in [0.05, 0.1) is 5.52 Å². The molecule has 1 aromatic carbocycles. The van der Waals surface area contributed by atoms with Gasteiger partial charge in [-0.2, -0.15) is 0 Å². The summed E-state index contributed by atoms with van der Waals surface area (Å²) < 4.78 is 0. The maximum atomic E-state index is 12.0. The Morgan fingerprint density at radius 1 is 1.24 bits per heavy atom. The number of aromatic nitrogens is 1. The summed E-state index contributed by atoms with van der Waals surface area (Å²) >= 11 is 0. The van der Waals surface area contributed by atoms with Crippen molar-refractivity contribution >= 4 is 16.7 Å². The minimum absolute atomic E-state index is 0.144. The Morgan fingerprint density at radius 2 is 2.00 bits per heavy atom. The van der Waals surface area contributed by atoms with Crippen LogP contribution in [0.25, 0.3) is 10.9 Å². The first-order chi connectivity index (χ1) is 8.20. The Labute approximate surface area is 102 Å². The van der Waals surface area contributed by atoms with E-state index in [1.54, 1.807) is 0 Å². The van der Waals surface area contributed by atoms with Gasteiger partial charge in [0.2, 0.25) is 0 Å². The van der Waals surface area contributed by atoms with E-state index in [4.69, 9.17) is 0 Å². The monoisotopic (exact) mass is 227 g/mol. The second-order valence-corrected chi connectivity index (χ2v) is 4.53. The van der Waals surface area contributed by atoms with Crippen LogP contribution in [-0.4, -0.2) is 10.8 Å². The Kier molecular flexibility index (Phi) is 3.52. The van der Waals surface area contributed by atoms with Gasteiger partial charge in [-0.3, -0.25) is 4.79 Å². The van der Waals surface area contributed by atoms with E-state index in [2.05, 4.69) is 18.8 Å². The van der Waals surface area contributed by atoms with Gasteiger partial charge in [-0.25, -0.2) is 4.98 Å². The fourth-order valence-electron chi connectivity index (χ4n) is 1.79. The first-order valence-corrected chi connectivity index (χ1v) is 6.09. The van der Waals surface area contributed by atoms with Crippen LogP contribution in [0.3, 0.4) is 0 Å². The van der Waals surface area contributed by atoms with Crippen molar-refractivity contribution in [1.29, 1.82) is 0 Å². The van der Waals surface area contributed by atoms with E-state index >= 15 is 0 Å². The Balaban J connectivity index is 2.27. The van der Waals surface area contributed by atoms with Crippen molar-refractivity contribution in [2.45, 2.75) is 26.7 Å². The largest absolute Gasteiger partial charge is 0.292 e. The Bertz CT molecular complexity index is 533. The van der Waals surface area contributed by atoms with Gasteiger partial charge in [0.1, 0.15) is 5.69 Å². The molecule has 0 radical (unpaired) electrons. The lowest BCUT2D eigenvalue weighted by Gasteiger charge is -2.07. The molecule has 0 aliphatic carbocycles. The number of carbonyl (C=O) groups is 1. The van der Waals surface area contributed by atoms with Crippen LogP contribution >= 0.6 is 0 Å². The number of fused-ring (bicyclic) bond motifs is 1. The molecule has 2 heteroatoms. The molecular weight excluding hydrogens is 210 g/mol. The molecule has 0 saturated heterocycles. The Morgan fingerprint density at radius 3 is 2.76 bits per heavy atom. The van der Waals surface area contributed by atoms with Gasteiger partial charge < -0.3 is 0 Å². The van der Waals surface area contributed by atoms with Gasteiger partial charge in [0.25, 0.3) is 0 Å². The third-order valence-electron chi connectivity index (χ3n) is 3.11. The minimum atomic E-state index is 0.144. The molecule has 2 rings (SSSR count). The third kappa shape index (κ3) is 2.70. The first-order valence-electron chi connectivity index (χ1n) is 6.09. The lowest BCUT2D eigenvalue weighted by molar-refractivity contribution is 0.0959. The molecule has 0 aliphatic rings. The van der Waals surface area contributed by atoms with Crippen LogP contribution in [0.15, 0.2) is 36.4 Å². The molecule has 1 atom stereocenters. The topological polar surface area (TPSA) is 30.0 Å². The molecule has 0 bridgehead atoms. The quantitative estimate of drug-likeness (QED) is 0.742. The molecule has 2 nitrogen and oxygen atoms in total. The molecule has 0 saturated carbocycles. The summed E-state index contributed by atoms with van der Waals surface area (Å²) in [7, 11) is 0. The van der Waals surface area contributed by atoms with E-state index in [0.29, 0.717) is 18.0 Å². The van der Waals surface area contributed by atoms with E-state index in [1.807, 2.05) is 36.4 Å². The molecular formula is C15H17NO. The fourth-order valence-corrected chi connectivity index (χ4v) is 1.79. The van der Waals surface area contributed by atoms with Crippen molar-refractivity contribution in [3.05, 3.63) is 42.1 Å². The number of benzene rings is 1. The second-order valence-electron chi connectivity index (χ2n) is 4.53. The molecule has 17 heavy (non-hydrogen) atoms. The summed E-state index contributed by atoms with van der Waals surface area (Å²) in [6.45, 7) is 4.20. The third-order valence-corrected chi connectivity index (χ3v) is 3.11. The van der Waals surface area contributed by atoms with Crippen LogP contribution in [0.1, 0.15) is 37.2 Å². The predicted octanol–water partition coefficient (Wildman–Crippen LogP) is 3.85. The van der Waals surface area contributed by atoms with Gasteiger partial charge in [-0.05, 0) is 18.1 Å². The maximum absolute atomic E-state index is 12.0. The van der Waals surface area contributed by atoms with E-state index in [1.165, 1.54) is 0 Å². The zero-order valence-electron chi connectivity index (χ0n) is 10.3. The van der Waals surface area contributed by atoms with Crippen molar-refractivity contribution in [2.75, 3.05) is 0 Å². The molecule has 1 unspecified atom stereocenters. The molecule has 1 aromatic heterocycles. The van der Waals surface area contributed by atoms with Gasteiger partial charge in [0, 0.05) is 11.8 Å².